The molecule has 25 heavy (non-hydrogen) atoms. The van der Waals surface area contributed by atoms with Crippen LogP contribution in [0.2, 0.25) is 0 Å². The third-order valence-corrected chi connectivity index (χ3v) is 3.88. The third-order valence-electron chi connectivity index (χ3n) is 3.88. The van der Waals surface area contributed by atoms with Crippen molar-refractivity contribution in [3.63, 3.8) is 0 Å². The molecule has 0 atom stereocenters. The van der Waals surface area contributed by atoms with Crippen LogP contribution in [0.15, 0.2) is 36.5 Å². The first-order valence-electron chi connectivity index (χ1n) is 8.29. The standard InChI is InChI=1S/C19H25N3O3/c1-5-6-11-22(2)19(23)14-7-10-18(20-13-14)21-16-9-8-15(24-3)12-17(16)25-4/h7-10,12-13H,5-6,11H2,1-4H3,(H,20,21). The number of rotatable bonds is 8. The van der Waals surface area contributed by atoms with Crippen molar-refractivity contribution in [2.45, 2.75) is 19.8 Å². The number of nitrogens with zero attached hydrogens (tertiary/aromatic N) is 2. The van der Waals surface area contributed by atoms with Crippen molar-refractivity contribution in [3.8, 4) is 11.5 Å². The molecule has 0 aliphatic heterocycles. The van der Waals surface area contributed by atoms with Gasteiger partial charge in [-0.1, -0.05) is 13.3 Å². The van der Waals surface area contributed by atoms with Crippen LogP contribution in [0.5, 0.6) is 11.5 Å². The first-order chi connectivity index (χ1) is 12.1. The van der Waals surface area contributed by atoms with Crippen LogP contribution in [0, 0.1) is 0 Å². The number of carbonyl (C=O) groups excluding carboxylic acids is 1. The number of anilines is 2. The van der Waals surface area contributed by atoms with E-state index in [1.807, 2.05) is 19.2 Å². The lowest BCUT2D eigenvalue weighted by Crippen LogP contribution is -2.27. The van der Waals surface area contributed by atoms with Gasteiger partial charge in [-0.2, -0.15) is 0 Å². The summed E-state index contributed by atoms with van der Waals surface area (Å²) in [5.74, 6) is 1.98. The molecule has 0 bridgehead atoms. The number of unbranched alkanes of at least 4 members (excludes halogenated alkanes) is 1. The molecule has 1 N–H and O–H groups in total. The topological polar surface area (TPSA) is 63.7 Å². The Kier molecular flexibility index (Phi) is 6.62. The summed E-state index contributed by atoms with van der Waals surface area (Å²) >= 11 is 0. The Morgan fingerprint density at radius 1 is 1.20 bits per heavy atom. The van der Waals surface area contributed by atoms with Gasteiger partial charge < -0.3 is 19.7 Å². The van der Waals surface area contributed by atoms with Crippen molar-refractivity contribution in [3.05, 3.63) is 42.1 Å². The summed E-state index contributed by atoms with van der Waals surface area (Å²) in [6.07, 6.45) is 3.64. The van der Waals surface area contributed by atoms with E-state index in [0.29, 0.717) is 22.9 Å². The fraction of sp³-hybridized carbons (Fsp3) is 0.368. The Morgan fingerprint density at radius 2 is 2.00 bits per heavy atom. The Hall–Kier alpha value is -2.76. The molecule has 0 unspecified atom stereocenters. The van der Waals surface area contributed by atoms with Crippen molar-refractivity contribution in [1.29, 1.82) is 0 Å². The average molecular weight is 343 g/mol. The highest BCUT2D eigenvalue weighted by Crippen LogP contribution is 2.30. The van der Waals surface area contributed by atoms with Crippen LogP contribution in [-0.4, -0.2) is 43.6 Å². The second kappa shape index (κ2) is 8.92. The van der Waals surface area contributed by atoms with Crippen molar-refractivity contribution < 1.29 is 14.3 Å². The van der Waals surface area contributed by atoms with Gasteiger partial charge in [-0.05, 0) is 30.7 Å². The third kappa shape index (κ3) is 4.86. The number of aromatic nitrogens is 1. The average Bonchev–Trinajstić information content (AvgIpc) is 2.66. The van der Waals surface area contributed by atoms with Crippen LogP contribution >= 0.6 is 0 Å². The first kappa shape index (κ1) is 18.6. The second-order valence-corrected chi connectivity index (χ2v) is 5.70. The predicted molar refractivity (Wildman–Crippen MR) is 98.9 cm³/mol. The lowest BCUT2D eigenvalue weighted by Gasteiger charge is -2.17. The molecule has 0 saturated heterocycles. The Morgan fingerprint density at radius 3 is 2.60 bits per heavy atom. The molecule has 0 aliphatic rings. The number of benzene rings is 1. The van der Waals surface area contributed by atoms with E-state index in [2.05, 4.69) is 17.2 Å². The van der Waals surface area contributed by atoms with Crippen molar-refractivity contribution in [1.82, 2.24) is 9.88 Å². The van der Waals surface area contributed by atoms with E-state index in [-0.39, 0.29) is 5.91 Å². The number of nitrogens with one attached hydrogen (secondary N) is 1. The summed E-state index contributed by atoms with van der Waals surface area (Å²) in [5.41, 5.74) is 1.35. The maximum absolute atomic E-state index is 12.3. The van der Waals surface area contributed by atoms with Crippen molar-refractivity contribution in [2.75, 3.05) is 33.1 Å². The molecule has 6 heteroatoms. The van der Waals surface area contributed by atoms with Gasteiger partial charge in [-0.15, -0.1) is 0 Å². The number of hydrogen-bond acceptors (Lipinski definition) is 5. The van der Waals surface area contributed by atoms with Crippen LogP contribution in [-0.2, 0) is 0 Å². The Bertz CT molecular complexity index is 702. The van der Waals surface area contributed by atoms with E-state index < -0.39 is 0 Å². The molecule has 0 spiro atoms. The molecule has 2 aromatic rings. The van der Waals surface area contributed by atoms with Gasteiger partial charge in [0.05, 0.1) is 25.5 Å². The monoisotopic (exact) mass is 343 g/mol. The first-order valence-corrected chi connectivity index (χ1v) is 8.29. The zero-order chi connectivity index (χ0) is 18.2. The molecule has 6 nitrogen and oxygen atoms in total. The summed E-state index contributed by atoms with van der Waals surface area (Å²) in [6, 6.07) is 9.05. The predicted octanol–water partition coefficient (Wildman–Crippen LogP) is 3.71. The lowest BCUT2D eigenvalue weighted by molar-refractivity contribution is 0.0793. The summed E-state index contributed by atoms with van der Waals surface area (Å²) in [6.45, 7) is 2.85. The maximum Gasteiger partial charge on any atom is 0.255 e. The van der Waals surface area contributed by atoms with E-state index in [0.717, 1.165) is 25.1 Å². The van der Waals surface area contributed by atoms with Gasteiger partial charge in [0, 0.05) is 25.9 Å². The zero-order valence-electron chi connectivity index (χ0n) is 15.2. The minimum Gasteiger partial charge on any atom is -0.497 e. The van der Waals surface area contributed by atoms with Gasteiger partial charge in [0.1, 0.15) is 17.3 Å². The molecule has 0 fully saturated rings. The minimum atomic E-state index is -0.0190. The zero-order valence-corrected chi connectivity index (χ0v) is 15.2. The largest absolute Gasteiger partial charge is 0.497 e. The summed E-state index contributed by atoms with van der Waals surface area (Å²) < 4.78 is 10.5. The summed E-state index contributed by atoms with van der Waals surface area (Å²) in [5, 5.41) is 3.19. The number of methoxy groups -OCH3 is 2. The van der Waals surface area contributed by atoms with Gasteiger partial charge in [0.25, 0.3) is 5.91 Å². The van der Waals surface area contributed by atoms with Crippen LogP contribution < -0.4 is 14.8 Å². The van der Waals surface area contributed by atoms with E-state index in [9.17, 15) is 4.79 Å². The lowest BCUT2D eigenvalue weighted by atomic mass is 10.2. The van der Waals surface area contributed by atoms with Gasteiger partial charge >= 0.3 is 0 Å². The summed E-state index contributed by atoms with van der Waals surface area (Å²) in [4.78, 5) is 18.4. The second-order valence-electron chi connectivity index (χ2n) is 5.70. The molecule has 2 rings (SSSR count). The highest BCUT2D eigenvalue weighted by atomic mass is 16.5. The van der Waals surface area contributed by atoms with E-state index in [4.69, 9.17) is 9.47 Å². The molecule has 0 aliphatic carbocycles. The quantitative estimate of drug-likeness (QED) is 0.791. The fourth-order valence-electron chi connectivity index (χ4n) is 2.35. The van der Waals surface area contributed by atoms with Gasteiger partial charge in [0.15, 0.2) is 0 Å². The van der Waals surface area contributed by atoms with Crippen LogP contribution in [0.1, 0.15) is 30.1 Å². The SMILES string of the molecule is CCCCN(C)C(=O)c1ccc(Nc2ccc(OC)cc2OC)nc1. The Balaban J connectivity index is 2.09. The van der Waals surface area contributed by atoms with Gasteiger partial charge in [0.2, 0.25) is 0 Å². The molecular weight excluding hydrogens is 318 g/mol. The molecule has 0 saturated carbocycles. The van der Waals surface area contributed by atoms with E-state index in [1.165, 1.54) is 0 Å². The fourth-order valence-corrected chi connectivity index (χ4v) is 2.35. The molecule has 0 radical (unpaired) electrons. The molecular formula is C19H25N3O3. The van der Waals surface area contributed by atoms with Crippen LogP contribution in [0.4, 0.5) is 11.5 Å². The van der Waals surface area contributed by atoms with E-state index >= 15 is 0 Å². The number of hydrogen-bond donors (Lipinski definition) is 1. The smallest absolute Gasteiger partial charge is 0.255 e. The maximum atomic E-state index is 12.3. The molecule has 1 aromatic carbocycles. The van der Waals surface area contributed by atoms with Crippen LogP contribution in [0.25, 0.3) is 0 Å². The van der Waals surface area contributed by atoms with Crippen molar-refractivity contribution in [2.24, 2.45) is 0 Å². The highest BCUT2D eigenvalue weighted by Gasteiger charge is 2.12. The highest BCUT2D eigenvalue weighted by molar-refractivity contribution is 5.94. The number of amides is 1. The van der Waals surface area contributed by atoms with Crippen molar-refractivity contribution >= 4 is 17.4 Å². The van der Waals surface area contributed by atoms with Gasteiger partial charge in [-0.25, -0.2) is 4.98 Å². The minimum absolute atomic E-state index is 0.0190. The van der Waals surface area contributed by atoms with E-state index in [1.54, 1.807) is 43.5 Å². The molecule has 134 valence electrons. The number of ether oxygens (including phenoxy) is 2. The number of carbonyl (C=O) groups is 1. The number of pyridine rings is 1. The Labute approximate surface area is 148 Å². The van der Waals surface area contributed by atoms with Gasteiger partial charge in [-0.3, -0.25) is 4.79 Å². The molecule has 1 amide bonds. The molecule has 1 aromatic heterocycles. The molecule has 1 heterocycles. The summed E-state index contributed by atoms with van der Waals surface area (Å²) in [7, 11) is 5.02. The normalized spacial score (nSPS) is 10.2. The van der Waals surface area contributed by atoms with Crippen LogP contribution in [0.3, 0.4) is 0 Å².